The van der Waals surface area contributed by atoms with Gasteiger partial charge in [-0.25, -0.2) is 14.3 Å². The van der Waals surface area contributed by atoms with Crippen molar-refractivity contribution in [2.75, 3.05) is 0 Å². The Hall–Kier alpha value is -3.16. The van der Waals surface area contributed by atoms with Crippen molar-refractivity contribution < 1.29 is 4.79 Å². The number of nitrogens with zero attached hydrogens (tertiary/aromatic N) is 4. The smallest absolute Gasteiger partial charge is 0.333 e. The van der Waals surface area contributed by atoms with Crippen molar-refractivity contribution in [2.45, 2.75) is 65.7 Å². The van der Waals surface area contributed by atoms with E-state index in [9.17, 15) is 14.4 Å². The molecule has 170 valence electrons. The number of carbonyl (C=O) groups is 1. The number of nitrogens with one attached hydrogen (secondary N) is 1. The van der Waals surface area contributed by atoms with Crippen molar-refractivity contribution in [3.05, 3.63) is 63.1 Å². The van der Waals surface area contributed by atoms with Gasteiger partial charge in [-0.2, -0.15) is 0 Å². The maximum Gasteiger partial charge on any atom is 0.333 e. The molecule has 0 aliphatic heterocycles. The van der Waals surface area contributed by atoms with Crippen LogP contribution in [-0.2, 0) is 24.4 Å². The first-order valence-electron chi connectivity index (χ1n) is 11.4. The predicted molar refractivity (Wildman–Crippen MR) is 124 cm³/mol. The quantitative estimate of drug-likeness (QED) is 0.641. The molecule has 0 unspecified atom stereocenters. The Morgan fingerprint density at radius 1 is 1.12 bits per heavy atom. The lowest BCUT2D eigenvalue weighted by Gasteiger charge is -2.34. The largest absolute Gasteiger partial charge is 0.352 e. The molecule has 0 spiro atoms. The van der Waals surface area contributed by atoms with Crippen molar-refractivity contribution in [3.63, 3.8) is 0 Å². The lowest BCUT2D eigenvalue weighted by atomic mass is 9.78. The third-order valence-electron chi connectivity index (χ3n) is 6.86. The summed E-state index contributed by atoms with van der Waals surface area (Å²) in [5, 5.41) is 3.07. The van der Waals surface area contributed by atoms with Crippen molar-refractivity contribution in [1.29, 1.82) is 0 Å². The van der Waals surface area contributed by atoms with E-state index >= 15 is 0 Å². The summed E-state index contributed by atoms with van der Waals surface area (Å²) in [5.74, 6) is 0.599. The fourth-order valence-electron chi connectivity index (χ4n) is 4.71. The maximum absolute atomic E-state index is 13.3. The van der Waals surface area contributed by atoms with E-state index in [0.717, 1.165) is 29.4 Å². The molecule has 32 heavy (non-hydrogen) atoms. The zero-order chi connectivity index (χ0) is 22.8. The Morgan fingerprint density at radius 3 is 2.59 bits per heavy atom. The number of fused-ring (bicyclic) bond motifs is 1. The van der Waals surface area contributed by atoms with Crippen LogP contribution >= 0.6 is 0 Å². The van der Waals surface area contributed by atoms with Crippen LogP contribution in [0.4, 0.5) is 0 Å². The Labute approximate surface area is 186 Å². The van der Waals surface area contributed by atoms with Gasteiger partial charge in [0.1, 0.15) is 6.54 Å². The summed E-state index contributed by atoms with van der Waals surface area (Å²) < 4.78 is 4.25. The van der Waals surface area contributed by atoms with Crippen molar-refractivity contribution >= 4 is 17.1 Å². The molecule has 8 heteroatoms. The lowest BCUT2D eigenvalue weighted by molar-refractivity contribution is -0.123. The molecule has 1 N–H and O–H groups in total. The minimum Gasteiger partial charge on any atom is -0.352 e. The summed E-state index contributed by atoms with van der Waals surface area (Å²) >= 11 is 0. The highest BCUT2D eigenvalue weighted by Crippen LogP contribution is 2.29. The highest BCUT2D eigenvalue weighted by Gasteiger charge is 2.28. The lowest BCUT2D eigenvalue weighted by Crippen LogP contribution is -2.48. The van der Waals surface area contributed by atoms with E-state index in [4.69, 9.17) is 0 Å². The summed E-state index contributed by atoms with van der Waals surface area (Å²) in [6.07, 6.45) is 4.73. The fourth-order valence-corrected chi connectivity index (χ4v) is 4.71. The Morgan fingerprint density at radius 2 is 1.88 bits per heavy atom. The van der Waals surface area contributed by atoms with Gasteiger partial charge >= 0.3 is 5.69 Å². The van der Waals surface area contributed by atoms with Crippen LogP contribution in [0.2, 0.25) is 0 Å². The Bertz CT molecular complexity index is 1220. The van der Waals surface area contributed by atoms with Crippen molar-refractivity contribution in [3.8, 4) is 0 Å². The maximum atomic E-state index is 13.3. The van der Waals surface area contributed by atoms with Gasteiger partial charge in [0.15, 0.2) is 11.2 Å². The second kappa shape index (κ2) is 9.14. The Balaban J connectivity index is 1.71. The highest BCUT2D eigenvalue weighted by atomic mass is 16.2. The molecule has 1 aliphatic rings. The van der Waals surface area contributed by atoms with E-state index in [0.29, 0.717) is 29.5 Å². The van der Waals surface area contributed by atoms with Gasteiger partial charge in [0.2, 0.25) is 5.91 Å². The summed E-state index contributed by atoms with van der Waals surface area (Å²) in [4.78, 5) is 43.8. The molecule has 2 heterocycles. The van der Waals surface area contributed by atoms with Gasteiger partial charge in [0.05, 0.1) is 12.9 Å². The zero-order valence-electron chi connectivity index (χ0n) is 19.0. The van der Waals surface area contributed by atoms with Crippen LogP contribution in [0.1, 0.15) is 45.6 Å². The summed E-state index contributed by atoms with van der Waals surface area (Å²) in [5.41, 5.74) is 0.607. The Kier molecular flexibility index (Phi) is 6.30. The van der Waals surface area contributed by atoms with Crippen LogP contribution in [0.3, 0.4) is 0 Å². The monoisotopic (exact) mass is 437 g/mol. The van der Waals surface area contributed by atoms with Crippen LogP contribution in [0, 0.1) is 11.8 Å². The van der Waals surface area contributed by atoms with Gasteiger partial charge in [-0.15, -0.1) is 0 Å². The second-order valence-corrected chi connectivity index (χ2v) is 8.89. The first kappa shape index (κ1) is 22.0. The van der Waals surface area contributed by atoms with E-state index < -0.39 is 11.2 Å². The molecule has 1 aromatic carbocycles. The van der Waals surface area contributed by atoms with Crippen molar-refractivity contribution in [1.82, 2.24) is 24.0 Å². The molecule has 1 fully saturated rings. The minimum absolute atomic E-state index is 0.0680. The SMILES string of the molecule is CCn1cnc2c1c(=O)n(CC(=O)N[C@@H]1CCC[C@@H](C)[C@@H]1C)c(=O)n2Cc1ccccc1. The van der Waals surface area contributed by atoms with Gasteiger partial charge < -0.3 is 9.88 Å². The van der Waals surface area contributed by atoms with Gasteiger partial charge in [-0.05, 0) is 30.7 Å². The molecule has 0 saturated heterocycles. The number of aryl methyl sites for hydroxylation is 1. The standard InChI is InChI=1S/C24H31N5O3/c1-4-27-15-25-22-21(27)23(31)29(24(32)28(22)13-18-10-6-5-7-11-18)14-20(30)26-19-12-8-9-16(2)17(19)3/h5-7,10-11,15-17,19H,4,8-9,12-14H2,1-3H3,(H,26,30)/t16-,17+,19-/m1/s1. The average molecular weight is 438 g/mol. The number of imidazole rings is 1. The number of hydrogen-bond acceptors (Lipinski definition) is 4. The molecule has 1 aliphatic carbocycles. The normalized spacial score (nSPS) is 21.0. The third kappa shape index (κ3) is 4.13. The van der Waals surface area contributed by atoms with Gasteiger partial charge in [0.25, 0.3) is 5.56 Å². The van der Waals surface area contributed by atoms with Crippen LogP contribution in [0.15, 0.2) is 46.2 Å². The van der Waals surface area contributed by atoms with Crippen LogP contribution in [-0.4, -0.2) is 30.6 Å². The zero-order valence-corrected chi connectivity index (χ0v) is 19.0. The van der Waals surface area contributed by atoms with Crippen LogP contribution in [0.5, 0.6) is 0 Å². The molecule has 2 aromatic heterocycles. The number of benzene rings is 1. The molecule has 0 bridgehead atoms. The molecule has 4 rings (SSSR count). The molecular weight excluding hydrogens is 406 g/mol. The third-order valence-corrected chi connectivity index (χ3v) is 6.86. The molecule has 8 nitrogen and oxygen atoms in total. The van der Waals surface area contributed by atoms with Gasteiger partial charge in [-0.3, -0.25) is 14.2 Å². The van der Waals surface area contributed by atoms with E-state index in [1.165, 1.54) is 4.57 Å². The summed E-state index contributed by atoms with van der Waals surface area (Å²) in [7, 11) is 0. The summed E-state index contributed by atoms with van der Waals surface area (Å²) in [6, 6.07) is 9.62. The topological polar surface area (TPSA) is 90.9 Å². The van der Waals surface area contributed by atoms with Crippen LogP contribution in [0.25, 0.3) is 11.2 Å². The molecule has 1 amide bonds. The van der Waals surface area contributed by atoms with Crippen molar-refractivity contribution in [2.24, 2.45) is 11.8 Å². The second-order valence-electron chi connectivity index (χ2n) is 8.89. The number of rotatable bonds is 6. The van der Waals surface area contributed by atoms with Gasteiger partial charge in [-0.1, -0.05) is 57.0 Å². The first-order valence-corrected chi connectivity index (χ1v) is 11.4. The molecular formula is C24H31N5O3. The molecule has 1 saturated carbocycles. The number of aromatic nitrogens is 4. The number of amides is 1. The fraction of sp³-hybridized carbons (Fsp3) is 0.500. The van der Waals surface area contributed by atoms with E-state index in [1.54, 1.807) is 10.9 Å². The number of hydrogen-bond donors (Lipinski definition) is 1. The molecule has 3 aromatic rings. The van der Waals surface area contributed by atoms with E-state index in [1.807, 2.05) is 37.3 Å². The molecule has 0 radical (unpaired) electrons. The van der Waals surface area contributed by atoms with Crippen LogP contribution < -0.4 is 16.6 Å². The van der Waals surface area contributed by atoms with E-state index in [-0.39, 0.29) is 25.0 Å². The number of carbonyl (C=O) groups excluding carboxylic acids is 1. The van der Waals surface area contributed by atoms with Gasteiger partial charge in [0, 0.05) is 12.6 Å². The highest BCUT2D eigenvalue weighted by molar-refractivity contribution is 5.77. The summed E-state index contributed by atoms with van der Waals surface area (Å²) in [6.45, 7) is 6.79. The molecule has 3 atom stereocenters. The minimum atomic E-state index is -0.520. The first-order chi connectivity index (χ1) is 15.4. The predicted octanol–water partition coefficient (Wildman–Crippen LogP) is 2.37. The average Bonchev–Trinajstić information content (AvgIpc) is 3.22. The van der Waals surface area contributed by atoms with E-state index in [2.05, 4.69) is 24.1 Å².